The lowest BCUT2D eigenvalue weighted by molar-refractivity contribution is 0.122. The average Bonchev–Trinajstić information content (AvgIpc) is 3.24. The number of ether oxygens (including phenoxy) is 1. The van der Waals surface area contributed by atoms with Crippen molar-refractivity contribution in [1.29, 1.82) is 0 Å². The third-order valence-electron chi connectivity index (χ3n) is 4.82. The lowest BCUT2D eigenvalue weighted by Crippen LogP contribution is -2.39. The topological polar surface area (TPSA) is 48.9 Å². The van der Waals surface area contributed by atoms with Crippen molar-refractivity contribution in [2.24, 2.45) is 10.9 Å². The third-order valence-corrected chi connectivity index (χ3v) is 5.72. The standard InChI is InChI=1S/C22H32N4OS.HI/c1-3-23-22(24-16-18(2)15-21-5-4-14-28-21)25-17-19-6-8-20(9-7-19)26-10-12-27-13-11-26;/h4-9,14,18H,3,10-13,15-17H2,1-2H3,(H2,23,24,25);1H. The van der Waals surface area contributed by atoms with Crippen molar-refractivity contribution in [2.75, 3.05) is 44.3 Å². The average molecular weight is 529 g/mol. The maximum Gasteiger partial charge on any atom is 0.191 e. The first-order valence-electron chi connectivity index (χ1n) is 10.2. The number of halogens is 1. The monoisotopic (exact) mass is 528 g/mol. The van der Waals surface area contributed by atoms with Gasteiger partial charge < -0.3 is 20.3 Å². The number of aliphatic imine (C=N–C) groups is 1. The lowest BCUT2D eigenvalue weighted by Gasteiger charge is -2.28. The Hall–Kier alpha value is -1.32. The van der Waals surface area contributed by atoms with Crippen LogP contribution in [-0.2, 0) is 17.7 Å². The Bertz CT molecular complexity index is 715. The van der Waals surface area contributed by atoms with Gasteiger partial charge >= 0.3 is 0 Å². The zero-order valence-electron chi connectivity index (χ0n) is 17.4. The van der Waals surface area contributed by atoms with Crippen molar-refractivity contribution in [3.63, 3.8) is 0 Å². The third kappa shape index (κ3) is 8.14. The van der Waals surface area contributed by atoms with Crippen LogP contribution in [0, 0.1) is 5.92 Å². The molecule has 29 heavy (non-hydrogen) atoms. The number of anilines is 1. The maximum atomic E-state index is 5.43. The summed E-state index contributed by atoms with van der Waals surface area (Å²) in [5.74, 6) is 1.45. The summed E-state index contributed by atoms with van der Waals surface area (Å²) in [6.07, 6.45) is 1.10. The van der Waals surface area contributed by atoms with Gasteiger partial charge in [-0.05, 0) is 48.4 Å². The quantitative estimate of drug-likeness (QED) is 0.307. The summed E-state index contributed by atoms with van der Waals surface area (Å²) in [7, 11) is 0. The molecular weight excluding hydrogens is 495 g/mol. The highest BCUT2D eigenvalue weighted by Gasteiger charge is 2.11. The molecule has 0 amide bonds. The Morgan fingerprint density at radius 1 is 1.17 bits per heavy atom. The van der Waals surface area contributed by atoms with Gasteiger partial charge in [0.25, 0.3) is 0 Å². The zero-order valence-corrected chi connectivity index (χ0v) is 20.5. The number of guanidine groups is 1. The van der Waals surface area contributed by atoms with Crippen LogP contribution in [0.25, 0.3) is 0 Å². The Labute approximate surface area is 196 Å². The molecule has 5 nitrogen and oxygen atoms in total. The Morgan fingerprint density at radius 3 is 2.59 bits per heavy atom. The smallest absolute Gasteiger partial charge is 0.191 e. The van der Waals surface area contributed by atoms with E-state index in [1.165, 1.54) is 16.1 Å². The van der Waals surface area contributed by atoms with Crippen LogP contribution in [0.1, 0.15) is 24.3 Å². The fraction of sp³-hybridized carbons (Fsp3) is 0.500. The SMILES string of the molecule is CCNC(=NCc1ccc(N2CCOCC2)cc1)NCC(C)Cc1cccs1.I. The predicted octanol–water partition coefficient (Wildman–Crippen LogP) is 4.14. The first-order chi connectivity index (χ1) is 13.7. The molecule has 1 fully saturated rings. The number of rotatable bonds is 8. The molecule has 1 aliphatic rings. The largest absolute Gasteiger partial charge is 0.378 e. The number of morpholine rings is 1. The molecule has 1 aromatic heterocycles. The van der Waals surface area contributed by atoms with Crippen LogP contribution in [-0.4, -0.2) is 45.4 Å². The van der Waals surface area contributed by atoms with Crippen LogP contribution < -0.4 is 15.5 Å². The zero-order chi connectivity index (χ0) is 19.6. The molecule has 1 aromatic carbocycles. The van der Waals surface area contributed by atoms with E-state index in [-0.39, 0.29) is 24.0 Å². The molecule has 160 valence electrons. The van der Waals surface area contributed by atoms with Gasteiger partial charge in [0, 0.05) is 36.7 Å². The van der Waals surface area contributed by atoms with Crippen molar-refractivity contribution >= 4 is 47.0 Å². The summed E-state index contributed by atoms with van der Waals surface area (Å²) in [6, 6.07) is 13.1. The first-order valence-corrected chi connectivity index (χ1v) is 11.1. The highest BCUT2D eigenvalue weighted by Crippen LogP contribution is 2.17. The van der Waals surface area contributed by atoms with Gasteiger partial charge in [-0.2, -0.15) is 0 Å². The van der Waals surface area contributed by atoms with Crippen molar-refractivity contribution in [3.8, 4) is 0 Å². The van der Waals surface area contributed by atoms with Gasteiger partial charge in [-0.1, -0.05) is 25.1 Å². The molecular formula is C22H33IN4OS. The predicted molar refractivity (Wildman–Crippen MR) is 135 cm³/mol. The normalized spacial score (nSPS) is 15.5. The molecule has 1 aliphatic heterocycles. The molecule has 0 aliphatic carbocycles. The molecule has 2 N–H and O–H groups in total. The van der Waals surface area contributed by atoms with Crippen LogP contribution in [0.3, 0.4) is 0 Å². The van der Waals surface area contributed by atoms with Crippen molar-refractivity contribution < 1.29 is 4.74 Å². The molecule has 1 saturated heterocycles. The minimum absolute atomic E-state index is 0. The molecule has 2 heterocycles. The van der Waals surface area contributed by atoms with Crippen molar-refractivity contribution in [3.05, 3.63) is 52.2 Å². The van der Waals surface area contributed by atoms with E-state index in [1.54, 1.807) is 0 Å². The number of thiophene rings is 1. The van der Waals surface area contributed by atoms with E-state index >= 15 is 0 Å². The molecule has 0 radical (unpaired) electrons. The summed E-state index contributed by atoms with van der Waals surface area (Å²) < 4.78 is 5.43. The number of hydrogen-bond donors (Lipinski definition) is 2. The minimum Gasteiger partial charge on any atom is -0.378 e. The van der Waals surface area contributed by atoms with Gasteiger partial charge in [0.2, 0.25) is 0 Å². The summed E-state index contributed by atoms with van der Waals surface area (Å²) >= 11 is 1.83. The summed E-state index contributed by atoms with van der Waals surface area (Å²) in [5, 5.41) is 8.98. The van der Waals surface area contributed by atoms with E-state index < -0.39 is 0 Å². The Morgan fingerprint density at radius 2 is 1.93 bits per heavy atom. The van der Waals surface area contributed by atoms with Gasteiger partial charge in [-0.15, -0.1) is 35.3 Å². The highest BCUT2D eigenvalue weighted by molar-refractivity contribution is 14.0. The second kappa shape index (κ2) is 13.1. The highest BCUT2D eigenvalue weighted by atomic mass is 127. The second-order valence-electron chi connectivity index (χ2n) is 7.23. The van der Waals surface area contributed by atoms with Gasteiger partial charge in [0.15, 0.2) is 5.96 Å². The Kier molecular flexibility index (Phi) is 10.8. The van der Waals surface area contributed by atoms with Crippen LogP contribution in [0.2, 0.25) is 0 Å². The van der Waals surface area contributed by atoms with E-state index in [0.717, 1.165) is 51.8 Å². The molecule has 2 aromatic rings. The number of nitrogens with zero attached hydrogens (tertiary/aromatic N) is 2. The summed E-state index contributed by atoms with van der Waals surface area (Å²) in [6.45, 7) is 10.4. The second-order valence-corrected chi connectivity index (χ2v) is 8.26. The van der Waals surface area contributed by atoms with Crippen LogP contribution in [0.4, 0.5) is 5.69 Å². The molecule has 3 rings (SSSR count). The minimum atomic E-state index is 0. The first kappa shape index (κ1) is 24.0. The van der Waals surface area contributed by atoms with Crippen LogP contribution in [0.15, 0.2) is 46.8 Å². The van der Waals surface area contributed by atoms with Crippen LogP contribution >= 0.6 is 35.3 Å². The Balaban J connectivity index is 0.00000300. The maximum absolute atomic E-state index is 5.43. The van der Waals surface area contributed by atoms with E-state index in [9.17, 15) is 0 Å². The van der Waals surface area contributed by atoms with Gasteiger partial charge in [0.1, 0.15) is 0 Å². The van der Waals surface area contributed by atoms with Crippen molar-refractivity contribution in [2.45, 2.75) is 26.8 Å². The van der Waals surface area contributed by atoms with E-state index in [1.807, 2.05) is 11.3 Å². The molecule has 0 spiro atoms. The number of nitrogens with one attached hydrogen (secondary N) is 2. The summed E-state index contributed by atoms with van der Waals surface area (Å²) in [5.41, 5.74) is 2.49. The summed E-state index contributed by atoms with van der Waals surface area (Å²) in [4.78, 5) is 8.57. The fourth-order valence-electron chi connectivity index (χ4n) is 3.26. The van der Waals surface area contributed by atoms with Gasteiger partial charge in [-0.3, -0.25) is 0 Å². The lowest BCUT2D eigenvalue weighted by atomic mass is 10.1. The molecule has 7 heteroatoms. The van der Waals surface area contributed by atoms with E-state index in [0.29, 0.717) is 12.5 Å². The van der Waals surface area contributed by atoms with Gasteiger partial charge in [0.05, 0.1) is 19.8 Å². The molecule has 0 bridgehead atoms. The molecule has 0 saturated carbocycles. The number of hydrogen-bond acceptors (Lipinski definition) is 4. The van der Waals surface area contributed by atoms with Crippen LogP contribution in [0.5, 0.6) is 0 Å². The van der Waals surface area contributed by atoms with E-state index in [4.69, 9.17) is 9.73 Å². The fourth-order valence-corrected chi connectivity index (χ4v) is 4.13. The molecule has 1 unspecified atom stereocenters. The molecule has 1 atom stereocenters. The van der Waals surface area contributed by atoms with Crippen molar-refractivity contribution in [1.82, 2.24) is 10.6 Å². The number of benzene rings is 1. The van der Waals surface area contributed by atoms with E-state index in [2.05, 4.69) is 71.2 Å². The van der Waals surface area contributed by atoms with Gasteiger partial charge in [-0.25, -0.2) is 4.99 Å².